The summed E-state index contributed by atoms with van der Waals surface area (Å²) >= 11 is 1.65. The Labute approximate surface area is 164 Å². The van der Waals surface area contributed by atoms with E-state index in [-0.39, 0.29) is 17.5 Å². The lowest BCUT2D eigenvalue weighted by Gasteiger charge is -2.30. The number of hydrogen-bond acceptors (Lipinski definition) is 5. The number of rotatable bonds is 3. The van der Waals surface area contributed by atoms with Gasteiger partial charge in [0.25, 0.3) is 0 Å². The quantitative estimate of drug-likeness (QED) is 0.813. The van der Waals surface area contributed by atoms with Crippen molar-refractivity contribution in [2.75, 3.05) is 6.61 Å². The van der Waals surface area contributed by atoms with Crippen LogP contribution >= 0.6 is 11.3 Å². The molecule has 5 heteroatoms. The van der Waals surface area contributed by atoms with Crippen LogP contribution in [0.4, 0.5) is 0 Å². The van der Waals surface area contributed by atoms with Crippen LogP contribution in [0.2, 0.25) is 0 Å². The third-order valence-corrected chi connectivity index (χ3v) is 6.85. The molecule has 0 aliphatic carbocycles. The Hall–Kier alpha value is -1.66. The van der Waals surface area contributed by atoms with E-state index in [1.54, 1.807) is 18.3 Å². The van der Waals surface area contributed by atoms with Crippen molar-refractivity contribution >= 4 is 16.9 Å². The summed E-state index contributed by atoms with van der Waals surface area (Å²) in [4.78, 5) is 2.12. The molecule has 1 fully saturated rings. The lowest BCUT2D eigenvalue weighted by atomic mass is 9.90. The summed E-state index contributed by atoms with van der Waals surface area (Å²) in [6.45, 7) is 10.4. The Morgan fingerprint density at radius 2 is 1.70 bits per heavy atom. The predicted octanol–water partition coefficient (Wildman–Crippen LogP) is 4.93. The molecule has 3 heterocycles. The van der Waals surface area contributed by atoms with Gasteiger partial charge in [-0.1, -0.05) is 18.2 Å². The van der Waals surface area contributed by atoms with E-state index in [0.717, 1.165) is 32.2 Å². The first-order chi connectivity index (χ1) is 12.7. The SMILES string of the molecule is CC(O)C1=C(c2ccc(C3OC(C)(C)C(C)(C)O3)s2)c2ccccc2OC1. The van der Waals surface area contributed by atoms with Gasteiger partial charge in [0.1, 0.15) is 12.4 Å². The fourth-order valence-electron chi connectivity index (χ4n) is 3.39. The van der Waals surface area contributed by atoms with Crippen molar-refractivity contribution in [3.8, 4) is 5.75 Å². The normalized spacial score (nSPS) is 22.4. The fraction of sp³-hybridized carbons (Fsp3) is 0.455. The van der Waals surface area contributed by atoms with Crippen LogP contribution in [0.3, 0.4) is 0 Å². The van der Waals surface area contributed by atoms with Crippen LogP contribution in [0, 0.1) is 0 Å². The smallest absolute Gasteiger partial charge is 0.194 e. The molecule has 2 aliphatic heterocycles. The Morgan fingerprint density at radius 3 is 2.37 bits per heavy atom. The summed E-state index contributed by atoms with van der Waals surface area (Å²) in [5, 5.41) is 10.3. The lowest BCUT2D eigenvalue weighted by molar-refractivity contribution is -0.0871. The van der Waals surface area contributed by atoms with Crippen molar-refractivity contribution in [2.45, 2.75) is 58.2 Å². The molecule has 2 aliphatic rings. The second-order valence-electron chi connectivity index (χ2n) is 8.15. The van der Waals surface area contributed by atoms with E-state index < -0.39 is 6.10 Å². The van der Waals surface area contributed by atoms with Crippen LogP contribution in [-0.4, -0.2) is 29.0 Å². The van der Waals surface area contributed by atoms with E-state index in [2.05, 4.69) is 39.8 Å². The highest BCUT2D eigenvalue weighted by atomic mass is 32.1. The van der Waals surface area contributed by atoms with Crippen molar-refractivity contribution < 1.29 is 19.3 Å². The third kappa shape index (κ3) is 3.13. The van der Waals surface area contributed by atoms with Crippen LogP contribution < -0.4 is 4.74 Å². The van der Waals surface area contributed by atoms with Crippen LogP contribution in [0.25, 0.3) is 5.57 Å². The minimum Gasteiger partial charge on any atom is -0.488 e. The summed E-state index contributed by atoms with van der Waals surface area (Å²) in [7, 11) is 0. The first-order valence-corrected chi connectivity index (χ1v) is 10.1. The molecular formula is C22H26O4S. The maximum Gasteiger partial charge on any atom is 0.194 e. The van der Waals surface area contributed by atoms with Gasteiger partial charge in [-0.15, -0.1) is 11.3 Å². The van der Waals surface area contributed by atoms with E-state index in [0.29, 0.717) is 6.61 Å². The van der Waals surface area contributed by atoms with Gasteiger partial charge in [0.05, 0.1) is 22.2 Å². The largest absolute Gasteiger partial charge is 0.488 e. The summed E-state index contributed by atoms with van der Waals surface area (Å²) in [5.41, 5.74) is 2.24. The highest BCUT2D eigenvalue weighted by Crippen LogP contribution is 2.48. The highest BCUT2D eigenvalue weighted by Gasteiger charge is 2.50. The van der Waals surface area contributed by atoms with E-state index in [4.69, 9.17) is 14.2 Å². The summed E-state index contributed by atoms with van der Waals surface area (Å²) < 4.78 is 18.2. The molecule has 0 spiro atoms. The molecule has 27 heavy (non-hydrogen) atoms. The molecule has 2 aromatic rings. The Kier molecular flexibility index (Phi) is 4.47. The molecule has 1 saturated heterocycles. The fourth-order valence-corrected chi connectivity index (χ4v) is 4.45. The second-order valence-corrected chi connectivity index (χ2v) is 9.27. The monoisotopic (exact) mass is 386 g/mol. The van der Waals surface area contributed by atoms with Gasteiger partial charge in [0.2, 0.25) is 0 Å². The molecule has 4 nitrogen and oxygen atoms in total. The summed E-state index contributed by atoms with van der Waals surface area (Å²) in [5.74, 6) is 0.850. The second kappa shape index (κ2) is 6.45. The molecule has 0 bridgehead atoms. The Bertz CT molecular complexity index is 875. The molecule has 1 aromatic carbocycles. The zero-order valence-corrected chi connectivity index (χ0v) is 17.2. The standard InChI is InChI=1S/C22H26O4S/c1-13(23)15-12-24-16-9-7-6-8-14(16)19(15)17-10-11-18(27-17)20-25-21(2,3)22(4,5)26-20/h6-11,13,20,23H,12H2,1-5H3. The number of aliphatic hydroxyl groups excluding tert-OH is 1. The molecule has 1 aromatic heterocycles. The van der Waals surface area contributed by atoms with Crippen molar-refractivity contribution in [1.82, 2.24) is 0 Å². The average Bonchev–Trinajstić information content (AvgIpc) is 3.16. The first kappa shape index (κ1) is 18.7. The van der Waals surface area contributed by atoms with E-state index in [1.165, 1.54) is 0 Å². The summed E-state index contributed by atoms with van der Waals surface area (Å²) in [6.07, 6.45) is -0.949. The predicted molar refractivity (Wildman–Crippen MR) is 107 cm³/mol. The molecule has 0 saturated carbocycles. The highest BCUT2D eigenvalue weighted by molar-refractivity contribution is 7.13. The lowest BCUT2D eigenvalue weighted by Crippen LogP contribution is -2.41. The van der Waals surface area contributed by atoms with Gasteiger partial charge in [-0.2, -0.15) is 0 Å². The van der Waals surface area contributed by atoms with Gasteiger partial charge in [0.15, 0.2) is 6.29 Å². The maximum absolute atomic E-state index is 10.3. The number of para-hydroxylation sites is 1. The van der Waals surface area contributed by atoms with E-state index in [1.807, 2.05) is 24.3 Å². The van der Waals surface area contributed by atoms with Gasteiger partial charge in [-0.3, -0.25) is 0 Å². The van der Waals surface area contributed by atoms with Gasteiger partial charge in [0, 0.05) is 21.6 Å². The number of hydrogen-bond donors (Lipinski definition) is 1. The zero-order valence-electron chi connectivity index (χ0n) is 16.4. The van der Waals surface area contributed by atoms with E-state index in [9.17, 15) is 5.11 Å². The van der Waals surface area contributed by atoms with Gasteiger partial charge in [-0.25, -0.2) is 0 Å². The van der Waals surface area contributed by atoms with E-state index >= 15 is 0 Å². The molecule has 1 N–H and O–H groups in total. The number of aliphatic hydroxyl groups is 1. The maximum atomic E-state index is 10.3. The minimum atomic E-state index is -0.573. The number of benzene rings is 1. The van der Waals surface area contributed by atoms with Crippen LogP contribution in [0.15, 0.2) is 42.0 Å². The van der Waals surface area contributed by atoms with Crippen molar-refractivity contribution in [1.29, 1.82) is 0 Å². The average molecular weight is 387 g/mol. The molecule has 0 radical (unpaired) electrons. The van der Waals surface area contributed by atoms with Crippen molar-refractivity contribution in [2.24, 2.45) is 0 Å². The van der Waals surface area contributed by atoms with Gasteiger partial charge < -0.3 is 19.3 Å². The Morgan fingerprint density at radius 1 is 1.04 bits per heavy atom. The molecule has 1 atom stereocenters. The number of fused-ring (bicyclic) bond motifs is 1. The third-order valence-electron chi connectivity index (χ3n) is 5.72. The molecule has 144 valence electrons. The van der Waals surface area contributed by atoms with Crippen LogP contribution in [-0.2, 0) is 9.47 Å². The molecular weight excluding hydrogens is 360 g/mol. The van der Waals surface area contributed by atoms with Crippen molar-refractivity contribution in [3.05, 3.63) is 57.3 Å². The Balaban J connectivity index is 1.74. The topological polar surface area (TPSA) is 47.9 Å². The van der Waals surface area contributed by atoms with Gasteiger partial charge in [-0.05, 0) is 52.8 Å². The first-order valence-electron chi connectivity index (χ1n) is 9.29. The van der Waals surface area contributed by atoms with Crippen LogP contribution in [0.5, 0.6) is 5.75 Å². The van der Waals surface area contributed by atoms with Gasteiger partial charge >= 0.3 is 0 Å². The minimum absolute atomic E-state index is 0.364. The number of ether oxygens (including phenoxy) is 3. The number of thiophene rings is 1. The molecule has 0 amide bonds. The summed E-state index contributed by atoms with van der Waals surface area (Å²) in [6, 6.07) is 12.1. The molecule has 4 rings (SSSR count). The van der Waals surface area contributed by atoms with Crippen molar-refractivity contribution in [3.63, 3.8) is 0 Å². The zero-order chi connectivity index (χ0) is 19.4. The molecule has 1 unspecified atom stereocenters. The van der Waals surface area contributed by atoms with Crippen LogP contribution in [0.1, 0.15) is 56.2 Å².